The molecule has 0 saturated heterocycles. The molecule has 15 heavy (non-hydrogen) atoms. The molecule has 1 atom stereocenters. The van der Waals surface area contributed by atoms with Crippen molar-refractivity contribution in [2.75, 3.05) is 0 Å². The van der Waals surface area contributed by atoms with Crippen molar-refractivity contribution in [3.8, 4) is 0 Å². The number of hydrogen-bond acceptors (Lipinski definition) is 2. The average Bonchev–Trinajstić information content (AvgIpc) is 2.28. The number of pyridine rings is 1. The van der Waals surface area contributed by atoms with E-state index < -0.39 is 6.10 Å². The molecule has 2 heteroatoms. The number of rotatable bonds is 3. The minimum absolute atomic E-state index is 0.443. The normalized spacial score (nSPS) is 12.9. The van der Waals surface area contributed by atoms with Gasteiger partial charge in [-0.25, -0.2) is 0 Å². The lowest BCUT2D eigenvalue weighted by molar-refractivity contribution is 0.163. The van der Waals surface area contributed by atoms with Crippen LogP contribution >= 0.6 is 0 Å². The Morgan fingerprint density at radius 2 is 2.07 bits per heavy atom. The van der Waals surface area contributed by atoms with E-state index in [1.165, 1.54) is 0 Å². The van der Waals surface area contributed by atoms with Gasteiger partial charge in [-0.1, -0.05) is 37.6 Å². The lowest BCUT2D eigenvalue weighted by atomic mass is 10.0. The first kappa shape index (κ1) is 10.1. The van der Waals surface area contributed by atoms with Gasteiger partial charge in [0, 0.05) is 11.6 Å². The Balaban J connectivity index is 2.50. The van der Waals surface area contributed by atoms with Crippen molar-refractivity contribution in [3.05, 3.63) is 42.2 Å². The first-order valence-electron chi connectivity index (χ1n) is 5.34. The van der Waals surface area contributed by atoms with Gasteiger partial charge in [0.1, 0.15) is 0 Å². The van der Waals surface area contributed by atoms with Gasteiger partial charge in [-0.05, 0) is 17.9 Å². The Hall–Kier alpha value is -1.41. The smallest absolute Gasteiger partial charge is 0.0966 e. The molecule has 0 spiro atoms. The molecule has 0 aliphatic heterocycles. The Bertz CT molecular complexity index is 448. The summed E-state index contributed by atoms with van der Waals surface area (Å²) in [5.41, 5.74) is 0.801. The maximum atomic E-state index is 9.96. The molecule has 2 aromatic rings. The predicted molar refractivity (Wildman–Crippen MR) is 61.6 cm³/mol. The van der Waals surface area contributed by atoms with Crippen LogP contribution < -0.4 is 0 Å². The zero-order chi connectivity index (χ0) is 10.7. The summed E-state index contributed by atoms with van der Waals surface area (Å²) in [4.78, 5) is 4.28. The summed E-state index contributed by atoms with van der Waals surface area (Å²) < 4.78 is 0. The van der Waals surface area contributed by atoms with Crippen LogP contribution in [-0.4, -0.2) is 10.1 Å². The van der Waals surface area contributed by atoms with Crippen LogP contribution in [0.2, 0.25) is 0 Å². The molecule has 1 aromatic heterocycles. The van der Waals surface area contributed by atoms with Crippen molar-refractivity contribution in [1.29, 1.82) is 0 Å². The third-order valence-electron chi connectivity index (χ3n) is 2.58. The van der Waals surface area contributed by atoms with Crippen LogP contribution in [0.4, 0.5) is 0 Å². The van der Waals surface area contributed by atoms with Crippen molar-refractivity contribution >= 4 is 10.8 Å². The Labute approximate surface area is 89.6 Å². The van der Waals surface area contributed by atoms with Crippen LogP contribution in [0, 0.1) is 0 Å². The number of aliphatic hydroxyl groups excluding tert-OH is 1. The van der Waals surface area contributed by atoms with Crippen molar-refractivity contribution < 1.29 is 5.11 Å². The number of aliphatic hydroxyl groups is 1. The maximum absolute atomic E-state index is 9.96. The minimum atomic E-state index is -0.443. The topological polar surface area (TPSA) is 33.1 Å². The third kappa shape index (κ3) is 2.00. The fraction of sp³-hybridized carbons (Fsp3) is 0.308. The second-order valence-corrected chi connectivity index (χ2v) is 3.72. The number of aromatic nitrogens is 1. The van der Waals surface area contributed by atoms with Gasteiger partial charge < -0.3 is 5.11 Å². The summed E-state index contributed by atoms with van der Waals surface area (Å²) in [5, 5.41) is 12.1. The fourth-order valence-corrected chi connectivity index (χ4v) is 1.82. The summed E-state index contributed by atoms with van der Waals surface area (Å²) in [6.45, 7) is 2.06. The van der Waals surface area contributed by atoms with Crippen LogP contribution in [0.25, 0.3) is 10.8 Å². The Morgan fingerprint density at radius 3 is 2.87 bits per heavy atom. The highest BCUT2D eigenvalue weighted by molar-refractivity contribution is 5.84. The highest BCUT2D eigenvalue weighted by atomic mass is 16.3. The molecule has 0 unspecified atom stereocenters. The van der Waals surface area contributed by atoms with E-state index in [9.17, 15) is 5.11 Å². The molecule has 1 aromatic carbocycles. The maximum Gasteiger partial charge on any atom is 0.0966 e. The first-order chi connectivity index (χ1) is 7.33. The first-order valence-corrected chi connectivity index (χ1v) is 5.34. The molecule has 1 heterocycles. The van der Waals surface area contributed by atoms with Crippen LogP contribution in [0.1, 0.15) is 31.6 Å². The molecular formula is C13H15NO. The van der Waals surface area contributed by atoms with E-state index in [0.717, 1.165) is 29.3 Å². The van der Waals surface area contributed by atoms with Crippen LogP contribution in [0.15, 0.2) is 36.5 Å². The lowest BCUT2D eigenvalue weighted by Gasteiger charge is -2.11. The molecule has 0 radical (unpaired) electrons. The third-order valence-corrected chi connectivity index (χ3v) is 2.58. The van der Waals surface area contributed by atoms with E-state index in [1.54, 1.807) is 6.20 Å². The van der Waals surface area contributed by atoms with Crippen molar-refractivity contribution in [3.63, 3.8) is 0 Å². The van der Waals surface area contributed by atoms with E-state index in [-0.39, 0.29) is 0 Å². The predicted octanol–water partition coefficient (Wildman–Crippen LogP) is 3.07. The second kappa shape index (κ2) is 4.41. The molecule has 1 N–H and O–H groups in total. The van der Waals surface area contributed by atoms with Gasteiger partial charge in [0.15, 0.2) is 0 Å². The van der Waals surface area contributed by atoms with E-state index >= 15 is 0 Å². The summed E-state index contributed by atoms with van der Waals surface area (Å²) in [7, 11) is 0. The number of fused-ring (bicyclic) bond motifs is 1. The fourth-order valence-electron chi connectivity index (χ4n) is 1.82. The average molecular weight is 201 g/mol. The quantitative estimate of drug-likeness (QED) is 0.827. The Morgan fingerprint density at radius 1 is 1.27 bits per heavy atom. The molecule has 0 aliphatic carbocycles. The standard InChI is InChI=1S/C13H15NO/c1-2-5-12(15)13-11-7-4-3-6-10(11)8-9-14-13/h3-4,6-9,12,15H,2,5H2,1H3/t12-/m1/s1. The number of nitrogens with zero attached hydrogens (tertiary/aromatic N) is 1. The number of hydrogen-bond donors (Lipinski definition) is 1. The summed E-state index contributed by atoms with van der Waals surface area (Å²) in [6, 6.07) is 10.00. The van der Waals surface area contributed by atoms with Crippen molar-refractivity contribution in [2.24, 2.45) is 0 Å². The van der Waals surface area contributed by atoms with Gasteiger partial charge in [0.25, 0.3) is 0 Å². The molecule has 2 rings (SSSR count). The molecule has 0 bridgehead atoms. The molecule has 0 aliphatic rings. The SMILES string of the molecule is CCC[C@@H](O)c1nccc2ccccc12. The minimum Gasteiger partial charge on any atom is -0.387 e. The van der Waals surface area contributed by atoms with Gasteiger partial charge >= 0.3 is 0 Å². The summed E-state index contributed by atoms with van der Waals surface area (Å²) in [5.74, 6) is 0. The number of benzene rings is 1. The van der Waals surface area contributed by atoms with E-state index in [1.807, 2.05) is 30.3 Å². The lowest BCUT2D eigenvalue weighted by Crippen LogP contribution is -2.00. The zero-order valence-electron chi connectivity index (χ0n) is 8.85. The molecule has 78 valence electrons. The van der Waals surface area contributed by atoms with Crippen molar-refractivity contribution in [2.45, 2.75) is 25.9 Å². The van der Waals surface area contributed by atoms with Crippen LogP contribution in [0.3, 0.4) is 0 Å². The van der Waals surface area contributed by atoms with E-state index in [0.29, 0.717) is 0 Å². The van der Waals surface area contributed by atoms with E-state index in [2.05, 4.69) is 11.9 Å². The van der Waals surface area contributed by atoms with E-state index in [4.69, 9.17) is 0 Å². The molecule has 0 saturated carbocycles. The molecule has 0 amide bonds. The van der Waals surface area contributed by atoms with Gasteiger partial charge in [0.05, 0.1) is 11.8 Å². The second-order valence-electron chi connectivity index (χ2n) is 3.72. The van der Waals surface area contributed by atoms with Crippen molar-refractivity contribution in [1.82, 2.24) is 4.98 Å². The monoisotopic (exact) mass is 201 g/mol. The van der Waals surface area contributed by atoms with Gasteiger partial charge in [0.2, 0.25) is 0 Å². The molecule has 2 nitrogen and oxygen atoms in total. The van der Waals surface area contributed by atoms with Crippen LogP contribution in [-0.2, 0) is 0 Å². The van der Waals surface area contributed by atoms with Gasteiger partial charge in [-0.15, -0.1) is 0 Å². The largest absolute Gasteiger partial charge is 0.387 e. The van der Waals surface area contributed by atoms with Crippen LogP contribution in [0.5, 0.6) is 0 Å². The molecular weight excluding hydrogens is 186 g/mol. The Kier molecular flexibility index (Phi) is 2.97. The van der Waals surface area contributed by atoms with Gasteiger partial charge in [-0.3, -0.25) is 4.98 Å². The van der Waals surface area contributed by atoms with Gasteiger partial charge in [-0.2, -0.15) is 0 Å². The molecule has 0 fully saturated rings. The highest BCUT2D eigenvalue weighted by Gasteiger charge is 2.10. The highest BCUT2D eigenvalue weighted by Crippen LogP contribution is 2.24. The summed E-state index contributed by atoms with van der Waals surface area (Å²) >= 11 is 0. The summed E-state index contributed by atoms with van der Waals surface area (Å²) in [6.07, 6.45) is 3.05. The zero-order valence-corrected chi connectivity index (χ0v) is 8.85.